The molecule has 0 N–H and O–H groups in total. The van der Waals surface area contributed by atoms with Crippen molar-refractivity contribution in [3.05, 3.63) is 77.4 Å². The Bertz CT molecular complexity index is 1000. The summed E-state index contributed by atoms with van der Waals surface area (Å²) in [6.45, 7) is 10.2. The minimum absolute atomic E-state index is 0.0850. The zero-order valence-corrected chi connectivity index (χ0v) is 18.0. The molecule has 1 saturated heterocycles. The first-order valence-corrected chi connectivity index (χ1v) is 10.6. The quantitative estimate of drug-likeness (QED) is 0.652. The van der Waals surface area contributed by atoms with Crippen molar-refractivity contribution >= 4 is 5.91 Å². The zero-order valence-electron chi connectivity index (χ0n) is 18.0. The highest BCUT2D eigenvalue weighted by Gasteiger charge is 2.26. The van der Waals surface area contributed by atoms with E-state index in [0.717, 1.165) is 31.1 Å². The van der Waals surface area contributed by atoms with Crippen LogP contribution in [0, 0.1) is 6.92 Å². The number of hydrogen-bond acceptors (Lipinski definition) is 4. The highest BCUT2D eigenvalue weighted by molar-refractivity contribution is 5.90. The van der Waals surface area contributed by atoms with Crippen molar-refractivity contribution in [1.82, 2.24) is 24.6 Å². The molecule has 1 amide bonds. The van der Waals surface area contributed by atoms with E-state index < -0.39 is 0 Å². The number of aromatic nitrogens is 3. The number of piperazine rings is 1. The molecule has 1 aliphatic rings. The Morgan fingerprint density at radius 2 is 1.63 bits per heavy atom. The normalized spacial score (nSPS) is 15.0. The molecule has 6 heteroatoms. The Morgan fingerprint density at radius 1 is 0.967 bits per heavy atom. The van der Waals surface area contributed by atoms with Gasteiger partial charge in [-0.15, -0.1) is 5.10 Å². The Balaban J connectivity index is 1.45. The van der Waals surface area contributed by atoms with Gasteiger partial charge in [0.05, 0.1) is 5.69 Å². The molecule has 0 saturated carbocycles. The molecule has 0 bridgehead atoms. The van der Waals surface area contributed by atoms with Gasteiger partial charge in [0.2, 0.25) is 5.82 Å². The molecular formula is C24H29N5O. The molecule has 156 valence electrons. The first-order chi connectivity index (χ1) is 14.5. The molecule has 30 heavy (non-hydrogen) atoms. The number of carbonyl (C=O) groups is 1. The molecule has 0 spiro atoms. The van der Waals surface area contributed by atoms with Crippen LogP contribution in [0.25, 0.3) is 5.69 Å². The first-order valence-electron chi connectivity index (χ1n) is 10.6. The van der Waals surface area contributed by atoms with Crippen molar-refractivity contribution < 1.29 is 4.79 Å². The van der Waals surface area contributed by atoms with E-state index in [1.807, 2.05) is 36.1 Å². The smallest absolute Gasteiger partial charge is 0.293 e. The van der Waals surface area contributed by atoms with E-state index >= 15 is 0 Å². The molecule has 1 aromatic heterocycles. The van der Waals surface area contributed by atoms with E-state index in [-0.39, 0.29) is 11.7 Å². The Kier molecular flexibility index (Phi) is 5.95. The number of nitrogens with zero attached hydrogens (tertiary/aromatic N) is 5. The molecule has 0 unspecified atom stereocenters. The van der Waals surface area contributed by atoms with Crippen LogP contribution in [0.2, 0.25) is 0 Å². The summed E-state index contributed by atoms with van der Waals surface area (Å²) in [6.07, 6.45) is 0. The third kappa shape index (κ3) is 4.28. The summed E-state index contributed by atoms with van der Waals surface area (Å²) < 4.78 is 1.80. The largest absolute Gasteiger partial charge is 0.333 e. The summed E-state index contributed by atoms with van der Waals surface area (Å²) in [5.41, 5.74) is 3.49. The fourth-order valence-corrected chi connectivity index (χ4v) is 3.97. The monoisotopic (exact) mass is 403 g/mol. The van der Waals surface area contributed by atoms with Gasteiger partial charge in [0.15, 0.2) is 0 Å². The molecule has 3 aromatic rings. The minimum Gasteiger partial charge on any atom is -0.333 e. The molecule has 0 radical (unpaired) electrons. The lowest BCUT2D eigenvalue weighted by atomic mass is 10.0. The minimum atomic E-state index is -0.0850. The Morgan fingerprint density at radius 3 is 2.33 bits per heavy atom. The van der Waals surface area contributed by atoms with Crippen LogP contribution in [0.5, 0.6) is 0 Å². The summed E-state index contributed by atoms with van der Waals surface area (Å²) in [4.78, 5) is 21.8. The van der Waals surface area contributed by atoms with Crippen molar-refractivity contribution in [2.45, 2.75) is 33.2 Å². The third-order valence-corrected chi connectivity index (χ3v) is 5.66. The van der Waals surface area contributed by atoms with Crippen LogP contribution in [0.3, 0.4) is 0 Å². The molecule has 0 atom stereocenters. The predicted molar refractivity (Wildman–Crippen MR) is 118 cm³/mol. The predicted octanol–water partition coefficient (Wildman–Crippen LogP) is 3.66. The molecule has 2 aromatic carbocycles. The maximum Gasteiger partial charge on any atom is 0.293 e. The van der Waals surface area contributed by atoms with Crippen LogP contribution in [-0.4, -0.2) is 56.7 Å². The van der Waals surface area contributed by atoms with E-state index in [4.69, 9.17) is 0 Å². The van der Waals surface area contributed by atoms with Gasteiger partial charge < -0.3 is 4.90 Å². The second kappa shape index (κ2) is 8.79. The van der Waals surface area contributed by atoms with Crippen molar-refractivity contribution in [1.29, 1.82) is 0 Å². The van der Waals surface area contributed by atoms with Crippen LogP contribution in [0.1, 0.15) is 47.3 Å². The van der Waals surface area contributed by atoms with Crippen LogP contribution >= 0.6 is 0 Å². The third-order valence-electron chi connectivity index (χ3n) is 5.66. The van der Waals surface area contributed by atoms with Crippen molar-refractivity contribution in [3.63, 3.8) is 0 Å². The van der Waals surface area contributed by atoms with Gasteiger partial charge in [0.1, 0.15) is 5.82 Å². The van der Waals surface area contributed by atoms with Crippen LogP contribution in [0.15, 0.2) is 54.6 Å². The SMILES string of the molecule is Cc1nc(C(=O)N2CCN(Cc3ccccc3)CC2)nn1-c1ccccc1C(C)C. The molecular weight excluding hydrogens is 374 g/mol. The van der Waals surface area contributed by atoms with Gasteiger partial charge in [-0.05, 0) is 30.0 Å². The molecule has 0 aliphatic carbocycles. The first kappa shape index (κ1) is 20.3. The standard InChI is InChI=1S/C24H29N5O/c1-18(2)21-11-7-8-12-22(21)29-19(3)25-23(26-29)24(30)28-15-13-27(14-16-28)17-20-9-5-4-6-10-20/h4-12,18H,13-17H2,1-3H3. The second-order valence-corrected chi connectivity index (χ2v) is 8.16. The number of amides is 1. The Labute approximate surface area is 178 Å². The maximum atomic E-state index is 13.0. The maximum absolute atomic E-state index is 13.0. The summed E-state index contributed by atoms with van der Waals surface area (Å²) >= 11 is 0. The fraction of sp³-hybridized carbons (Fsp3) is 0.375. The van der Waals surface area contributed by atoms with Crippen molar-refractivity contribution in [2.75, 3.05) is 26.2 Å². The molecule has 6 nitrogen and oxygen atoms in total. The molecule has 1 fully saturated rings. The van der Waals surface area contributed by atoms with Gasteiger partial charge in [0.25, 0.3) is 5.91 Å². The number of hydrogen-bond donors (Lipinski definition) is 0. The number of carbonyl (C=O) groups excluding carboxylic acids is 1. The van der Waals surface area contributed by atoms with Crippen LogP contribution < -0.4 is 0 Å². The van der Waals surface area contributed by atoms with Gasteiger partial charge in [-0.1, -0.05) is 62.4 Å². The highest BCUT2D eigenvalue weighted by atomic mass is 16.2. The molecule has 2 heterocycles. The van der Waals surface area contributed by atoms with Gasteiger partial charge >= 0.3 is 0 Å². The van der Waals surface area contributed by atoms with E-state index in [0.29, 0.717) is 19.0 Å². The highest BCUT2D eigenvalue weighted by Crippen LogP contribution is 2.23. The zero-order chi connectivity index (χ0) is 21.1. The number of benzene rings is 2. The van der Waals surface area contributed by atoms with Gasteiger partial charge in [-0.2, -0.15) is 0 Å². The lowest BCUT2D eigenvalue weighted by Gasteiger charge is -2.34. The van der Waals surface area contributed by atoms with Crippen molar-refractivity contribution in [2.24, 2.45) is 0 Å². The van der Waals surface area contributed by atoms with E-state index in [1.165, 1.54) is 11.1 Å². The van der Waals surface area contributed by atoms with Crippen molar-refractivity contribution in [3.8, 4) is 5.69 Å². The number of rotatable bonds is 5. The number of aryl methyl sites for hydroxylation is 1. The van der Waals surface area contributed by atoms with E-state index in [2.05, 4.69) is 59.2 Å². The second-order valence-electron chi connectivity index (χ2n) is 8.16. The van der Waals surface area contributed by atoms with Crippen LogP contribution in [-0.2, 0) is 6.54 Å². The molecule has 1 aliphatic heterocycles. The number of para-hydroxylation sites is 1. The lowest BCUT2D eigenvalue weighted by Crippen LogP contribution is -2.48. The lowest BCUT2D eigenvalue weighted by molar-refractivity contribution is 0.0616. The van der Waals surface area contributed by atoms with Gasteiger partial charge in [-0.25, -0.2) is 9.67 Å². The summed E-state index contributed by atoms with van der Waals surface area (Å²) in [5, 5.41) is 4.59. The average Bonchev–Trinajstić information content (AvgIpc) is 3.16. The summed E-state index contributed by atoms with van der Waals surface area (Å²) in [6, 6.07) is 18.6. The molecule has 4 rings (SSSR count). The van der Waals surface area contributed by atoms with E-state index in [9.17, 15) is 4.79 Å². The summed E-state index contributed by atoms with van der Waals surface area (Å²) in [7, 11) is 0. The van der Waals surface area contributed by atoms with Crippen LogP contribution in [0.4, 0.5) is 0 Å². The Hall–Kier alpha value is -2.99. The van der Waals surface area contributed by atoms with Gasteiger partial charge in [-0.3, -0.25) is 9.69 Å². The van der Waals surface area contributed by atoms with E-state index in [1.54, 1.807) is 4.68 Å². The summed E-state index contributed by atoms with van der Waals surface area (Å²) in [5.74, 6) is 1.29. The average molecular weight is 404 g/mol. The fourth-order valence-electron chi connectivity index (χ4n) is 3.97. The topological polar surface area (TPSA) is 54.3 Å². The van der Waals surface area contributed by atoms with Gasteiger partial charge in [0, 0.05) is 32.7 Å².